The monoisotopic (exact) mass is 161 g/mol. The average molecular weight is 161 g/mol. The van der Waals surface area contributed by atoms with Crippen LogP contribution < -0.4 is 11.1 Å². The highest BCUT2D eigenvalue weighted by molar-refractivity contribution is 5.68. The van der Waals surface area contributed by atoms with Crippen LogP contribution in [0.15, 0.2) is 0 Å². The van der Waals surface area contributed by atoms with Gasteiger partial charge in [-0.05, 0) is 6.92 Å². The summed E-state index contributed by atoms with van der Waals surface area (Å²) in [6, 6.07) is 0. The Morgan fingerprint density at radius 2 is 2.09 bits per heavy atom. The van der Waals surface area contributed by atoms with Gasteiger partial charge in [0, 0.05) is 0 Å². The SMILES string of the molecule is CCOC(=O)NCOC([NH])=O. The molecule has 0 fully saturated rings. The number of amides is 2. The molecule has 0 aliphatic rings. The summed E-state index contributed by atoms with van der Waals surface area (Å²) < 4.78 is 8.50. The molecule has 0 aromatic heterocycles. The van der Waals surface area contributed by atoms with E-state index in [0.29, 0.717) is 0 Å². The van der Waals surface area contributed by atoms with Gasteiger partial charge < -0.3 is 9.47 Å². The van der Waals surface area contributed by atoms with Crippen LogP contribution in [-0.2, 0) is 9.47 Å². The topological polar surface area (TPSA) is 88.4 Å². The number of alkyl carbamates (subject to hydrolysis) is 1. The molecule has 2 N–H and O–H groups in total. The minimum Gasteiger partial charge on any atom is -0.450 e. The maximum atomic E-state index is 10.4. The normalized spacial score (nSPS) is 8.45. The molecule has 0 aromatic carbocycles. The smallest absolute Gasteiger partial charge is 0.427 e. The molecule has 2 amide bonds. The molecule has 0 bridgehead atoms. The number of rotatable bonds is 3. The summed E-state index contributed by atoms with van der Waals surface area (Å²) in [5.41, 5.74) is 6.27. The van der Waals surface area contributed by atoms with Crippen LogP contribution in [0.25, 0.3) is 0 Å². The van der Waals surface area contributed by atoms with Gasteiger partial charge >= 0.3 is 12.2 Å². The quantitative estimate of drug-likeness (QED) is 0.595. The molecular formula is C5H9N2O4. The molecule has 6 heteroatoms. The molecule has 0 spiro atoms. The Kier molecular flexibility index (Phi) is 4.63. The lowest BCUT2D eigenvalue weighted by Crippen LogP contribution is -2.28. The van der Waals surface area contributed by atoms with Crippen molar-refractivity contribution >= 4 is 12.2 Å². The number of ether oxygens (including phenoxy) is 2. The van der Waals surface area contributed by atoms with Crippen LogP contribution in [0, 0.1) is 0 Å². The zero-order chi connectivity index (χ0) is 8.69. The Labute approximate surface area is 63.6 Å². The van der Waals surface area contributed by atoms with Gasteiger partial charge in [0.25, 0.3) is 0 Å². The Bertz CT molecular complexity index is 147. The summed E-state index contributed by atoms with van der Waals surface area (Å²) in [6.07, 6.45) is -1.87. The van der Waals surface area contributed by atoms with Crippen LogP contribution in [-0.4, -0.2) is 25.5 Å². The van der Waals surface area contributed by atoms with Gasteiger partial charge in [-0.25, -0.2) is 15.3 Å². The van der Waals surface area contributed by atoms with Crippen LogP contribution in [0.2, 0.25) is 0 Å². The van der Waals surface area contributed by atoms with Crippen molar-refractivity contribution in [3.8, 4) is 0 Å². The fourth-order valence-electron chi connectivity index (χ4n) is 0.343. The second-order valence-corrected chi connectivity index (χ2v) is 1.47. The van der Waals surface area contributed by atoms with Crippen molar-refractivity contribution in [3.63, 3.8) is 0 Å². The standard InChI is InChI=1S/C5H9N2O4/c1-2-10-5(9)7-3-11-4(6)8/h6H,2-3H2,1H3,(H,7,9). The van der Waals surface area contributed by atoms with Crippen LogP contribution in [0.4, 0.5) is 9.59 Å². The van der Waals surface area contributed by atoms with Gasteiger partial charge in [-0.3, -0.25) is 5.32 Å². The molecule has 0 unspecified atom stereocenters. The van der Waals surface area contributed by atoms with E-state index >= 15 is 0 Å². The van der Waals surface area contributed by atoms with Gasteiger partial charge in [0.05, 0.1) is 6.61 Å². The van der Waals surface area contributed by atoms with Gasteiger partial charge in [-0.1, -0.05) is 0 Å². The van der Waals surface area contributed by atoms with Gasteiger partial charge in [-0.15, -0.1) is 0 Å². The van der Waals surface area contributed by atoms with E-state index < -0.39 is 12.2 Å². The molecule has 63 valence electrons. The lowest BCUT2D eigenvalue weighted by Gasteiger charge is -2.03. The van der Waals surface area contributed by atoms with Gasteiger partial charge in [0.1, 0.15) is 0 Å². The van der Waals surface area contributed by atoms with Crippen LogP contribution in [0.1, 0.15) is 6.92 Å². The van der Waals surface area contributed by atoms with E-state index in [2.05, 4.69) is 14.8 Å². The van der Waals surface area contributed by atoms with E-state index in [1.165, 1.54) is 0 Å². The zero-order valence-electron chi connectivity index (χ0n) is 6.05. The highest BCUT2D eigenvalue weighted by Gasteiger charge is 1.99. The molecule has 11 heavy (non-hydrogen) atoms. The first kappa shape index (κ1) is 9.54. The second kappa shape index (κ2) is 5.33. The van der Waals surface area contributed by atoms with Crippen molar-refractivity contribution in [1.29, 1.82) is 0 Å². The lowest BCUT2D eigenvalue weighted by molar-refractivity contribution is 0.122. The Morgan fingerprint density at radius 1 is 1.45 bits per heavy atom. The molecule has 0 saturated carbocycles. The third-order valence-electron chi connectivity index (χ3n) is 0.695. The summed E-state index contributed by atoms with van der Waals surface area (Å²) >= 11 is 0. The fourth-order valence-corrected chi connectivity index (χ4v) is 0.343. The van der Waals surface area contributed by atoms with Crippen molar-refractivity contribution in [3.05, 3.63) is 0 Å². The van der Waals surface area contributed by atoms with E-state index in [0.717, 1.165) is 0 Å². The Hall–Kier alpha value is -1.46. The molecule has 0 saturated heterocycles. The first-order chi connectivity index (χ1) is 5.16. The third kappa shape index (κ3) is 6.42. The Balaban J connectivity index is 3.24. The van der Waals surface area contributed by atoms with Crippen molar-refractivity contribution in [2.24, 2.45) is 0 Å². The van der Waals surface area contributed by atoms with E-state index in [1.54, 1.807) is 6.92 Å². The minimum atomic E-state index is -1.19. The highest BCUT2D eigenvalue weighted by atomic mass is 16.6. The largest absolute Gasteiger partial charge is 0.450 e. The van der Waals surface area contributed by atoms with Crippen LogP contribution >= 0.6 is 0 Å². The van der Waals surface area contributed by atoms with E-state index in [9.17, 15) is 9.59 Å². The number of nitrogens with one attached hydrogen (secondary N) is 2. The minimum absolute atomic E-state index is 0.251. The molecule has 0 heterocycles. The first-order valence-corrected chi connectivity index (χ1v) is 2.95. The molecule has 6 nitrogen and oxygen atoms in total. The molecule has 0 atom stereocenters. The number of hydrogen-bond acceptors (Lipinski definition) is 4. The zero-order valence-corrected chi connectivity index (χ0v) is 6.05. The summed E-state index contributed by atoms with van der Waals surface area (Å²) in [5.74, 6) is 0. The summed E-state index contributed by atoms with van der Waals surface area (Å²) in [6.45, 7) is 1.57. The molecule has 0 aliphatic heterocycles. The first-order valence-electron chi connectivity index (χ1n) is 2.95. The summed E-state index contributed by atoms with van der Waals surface area (Å²) in [7, 11) is 0. The lowest BCUT2D eigenvalue weighted by atomic mass is 10.9. The maximum Gasteiger partial charge on any atom is 0.427 e. The van der Waals surface area contributed by atoms with Gasteiger partial charge in [0.2, 0.25) is 0 Å². The van der Waals surface area contributed by atoms with Crippen molar-refractivity contribution in [2.75, 3.05) is 13.3 Å². The molecule has 0 aromatic rings. The predicted octanol–water partition coefficient (Wildman–Crippen LogP) is 0.110. The van der Waals surface area contributed by atoms with E-state index in [-0.39, 0.29) is 13.3 Å². The van der Waals surface area contributed by atoms with Gasteiger partial charge in [-0.2, -0.15) is 0 Å². The fraction of sp³-hybridized carbons (Fsp3) is 0.600. The molecule has 0 rings (SSSR count). The number of hydrogen-bond donors (Lipinski definition) is 1. The molecule has 0 aliphatic carbocycles. The average Bonchev–Trinajstić information content (AvgIpc) is 1.87. The van der Waals surface area contributed by atoms with Crippen molar-refractivity contribution in [2.45, 2.75) is 6.92 Å². The van der Waals surface area contributed by atoms with E-state index in [4.69, 9.17) is 5.73 Å². The van der Waals surface area contributed by atoms with Crippen molar-refractivity contribution in [1.82, 2.24) is 11.1 Å². The van der Waals surface area contributed by atoms with Crippen LogP contribution in [0.5, 0.6) is 0 Å². The third-order valence-corrected chi connectivity index (χ3v) is 0.695. The maximum absolute atomic E-state index is 10.4. The number of carbonyl (C=O) groups excluding carboxylic acids is 2. The molecular weight excluding hydrogens is 152 g/mol. The summed E-state index contributed by atoms with van der Waals surface area (Å²) in [4.78, 5) is 20.3. The molecule has 1 radical (unpaired) electrons. The Morgan fingerprint density at radius 3 is 2.55 bits per heavy atom. The van der Waals surface area contributed by atoms with Gasteiger partial charge in [0.15, 0.2) is 6.73 Å². The summed E-state index contributed by atoms with van der Waals surface area (Å²) in [5, 5.41) is 2.09. The van der Waals surface area contributed by atoms with Crippen LogP contribution in [0.3, 0.4) is 0 Å². The van der Waals surface area contributed by atoms with Crippen molar-refractivity contribution < 1.29 is 19.1 Å². The highest BCUT2D eigenvalue weighted by Crippen LogP contribution is 1.76. The second-order valence-electron chi connectivity index (χ2n) is 1.47. The predicted molar refractivity (Wildman–Crippen MR) is 34.6 cm³/mol. The number of carbonyl (C=O) groups is 2. The van der Waals surface area contributed by atoms with E-state index in [1.807, 2.05) is 0 Å².